The number of benzene rings is 1. The Bertz CT molecular complexity index is 1170. The largest absolute Gasteiger partial charge is 0.356 e. The summed E-state index contributed by atoms with van der Waals surface area (Å²) in [5.74, 6) is -3.58. The fraction of sp³-hybridized carbons (Fsp3) is 0.481. The molecular weight excluding hydrogens is 488 g/mol. The second-order valence-electron chi connectivity index (χ2n) is 10.6. The van der Waals surface area contributed by atoms with Crippen molar-refractivity contribution in [1.29, 1.82) is 0 Å². The zero-order chi connectivity index (χ0) is 27.9. The van der Waals surface area contributed by atoms with E-state index in [-0.39, 0.29) is 24.3 Å². The van der Waals surface area contributed by atoms with Crippen LogP contribution in [0.5, 0.6) is 0 Å². The first-order valence-electron chi connectivity index (χ1n) is 12.7. The van der Waals surface area contributed by atoms with E-state index in [1.807, 2.05) is 30.3 Å². The molecule has 2 aromatic rings. The number of ketones is 1. The van der Waals surface area contributed by atoms with Crippen molar-refractivity contribution in [2.24, 2.45) is 13.0 Å². The van der Waals surface area contributed by atoms with Crippen LogP contribution in [0.1, 0.15) is 56.0 Å². The second kappa shape index (κ2) is 12.5. The molecule has 4 N–H and O–H groups in total. The number of aromatic nitrogens is 2. The van der Waals surface area contributed by atoms with Gasteiger partial charge in [-0.05, 0) is 45.6 Å². The Labute approximate surface area is 222 Å². The van der Waals surface area contributed by atoms with Gasteiger partial charge in [-0.15, -0.1) is 0 Å². The van der Waals surface area contributed by atoms with E-state index < -0.39 is 47.0 Å². The maximum atomic E-state index is 13.5. The van der Waals surface area contributed by atoms with E-state index >= 15 is 0 Å². The fourth-order valence-corrected chi connectivity index (χ4v) is 4.25. The summed E-state index contributed by atoms with van der Waals surface area (Å²) in [4.78, 5) is 64.8. The molecule has 204 valence electrons. The number of Topliss-reactive ketones (excluding diaryl/α,β-unsaturated/α-hetero) is 1. The number of amides is 4. The number of piperidine rings is 1. The minimum absolute atomic E-state index is 0.0252. The molecule has 0 aliphatic carbocycles. The normalized spacial score (nSPS) is 17.1. The maximum absolute atomic E-state index is 13.5. The molecule has 1 aliphatic rings. The Morgan fingerprint density at radius 2 is 1.82 bits per heavy atom. The molecule has 3 rings (SSSR count). The predicted molar refractivity (Wildman–Crippen MR) is 140 cm³/mol. The van der Waals surface area contributed by atoms with Gasteiger partial charge in [0, 0.05) is 37.7 Å². The predicted octanol–water partition coefficient (Wildman–Crippen LogP) is 0.646. The van der Waals surface area contributed by atoms with Crippen LogP contribution in [-0.4, -0.2) is 63.4 Å². The molecule has 4 amide bonds. The van der Waals surface area contributed by atoms with Crippen LogP contribution in [0.4, 0.5) is 0 Å². The highest BCUT2D eigenvalue weighted by atomic mass is 16.2. The van der Waals surface area contributed by atoms with Crippen LogP contribution in [0, 0.1) is 5.92 Å². The highest BCUT2D eigenvalue weighted by Crippen LogP contribution is 2.19. The molecule has 1 aliphatic heterocycles. The summed E-state index contributed by atoms with van der Waals surface area (Å²) >= 11 is 0. The number of aryl methyl sites for hydroxylation is 1. The van der Waals surface area contributed by atoms with Crippen molar-refractivity contribution in [3.8, 4) is 0 Å². The summed E-state index contributed by atoms with van der Waals surface area (Å²) in [5, 5.41) is 14.8. The van der Waals surface area contributed by atoms with Crippen LogP contribution in [0.2, 0.25) is 0 Å². The zero-order valence-corrected chi connectivity index (χ0v) is 22.2. The van der Waals surface area contributed by atoms with Crippen molar-refractivity contribution < 1.29 is 24.0 Å². The third-order valence-electron chi connectivity index (χ3n) is 6.14. The highest BCUT2D eigenvalue weighted by Gasteiger charge is 2.35. The summed E-state index contributed by atoms with van der Waals surface area (Å²) in [6, 6.07) is 6.82. The van der Waals surface area contributed by atoms with Gasteiger partial charge in [0.1, 0.15) is 6.04 Å². The molecular formula is C27H36N6O5. The highest BCUT2D eigenvalue weighted by molar-refractivity contribution is 6.38. The van der Waals surface area contributed by atoms with Crippen LogP contribution < -0.4 is 21.3 Å². The van der Waals surface area contributed by atoms with E-state index in [1.165, 1.54) is 17.1 Å². The minimum Gasteiger partial charge on any atom is -0.356 e. The van der Waals surface area contributed by atoms with Crippen molar-refractivity contribution in [3.63, 3.8) is 0 Å². The molecule has 1 aromatic carbocycles. The summed E-state index contributed by atoms with van der Waals surface area (Å²) < 4.78 is 1.47. The van der Waals surface area contributed by atoms with Crippen molar-refractivity contribution in [2.75, 3.05) is 6.54 Å². The molecule has 0 radical (unpaired) electrons. The van der Waals surface area contributed by atoms with Crippen LogP contribution in [-0.2, 0) is 32.6 Å². The first kappa shape index (κ1) is 28.5. The van der Waals surface area contributed by atoms with E-state index in [9.17, 15) is 24.0 Å². The molecule has 1 fully saturated rings. The molecule has 0 spiro atoms. The first-order chi connectivity index (χ1) is 17.9. The molecule has 3 atom stereocenters. The molecule has 11 heteroatoms. The second-order valence-corrected chi connectivity index (χ2v) is 10.6. The SMILES string of the molecule is Cn1cc(C(=O)N[C@@H](Cc2ccccc2)C(=O)NC(C[C@@H]2CCCNC2=O)C(=O)C(=O)NC(C)(C)C)cn1. The van der Waals surface area contributed by atoms with Gasteiger partial charge < -0.3 is 21.3 Å². The average molecular weight is 525 g/mol. The third-order valence-corrected chi connectivity index (χ3v) is 6.14. The van der Waals surface area contributed by atoms with Crippen LogP contribution in [0.15, 0.2) is 42.7 Å². The first-order valence-corrected chi connectivity index (χ1v) is 12.7. The maximum Gasteiger partial charge on any atom is 0.290 e. The number of carbonyl (C=O) groups is 5. The molecule has 0 bridgehead atoms. The number of hydrogen-bond acceptors (Lipinski definition) is 6. The van der Waals surface area contributed by atoms with Gasteiger partial charge >= 0.3 is 0 Å². The summed E-state index contributed by atoms with van der Waals surface area (Å²) in [6.07, 6.45) is 4.31. The number of nitrogens with one attached hydrogen (secondary N) is 4. The fourth-order valence-electron chi connectivity index (χ4n) is 4.25. The minimum atomic E-state index is -1.24. The lowest BCUT2D eigenvalue weighted by atomic mass is 9.89. The van der Waals surface area contributed by atoms with Gasteiger partial charge in [-0.25, -0.2) is 0 Å². The molecule has 38 heavy (non-hydrogen) atoms. The summed E-state index contributed by atoms with van der Waals surface area (Å²) in [6.45, 7) is 5.77. The lowest BCUT2D eigenvalue weighted by Gasteiger charge is -2.28. The van der Waals surface area contributed by atoms with Crippen molar-refractivity contribution in [1.82, 2.24) is 31.0 Å². The smallest absolute Gasteiger partial charge is 0.290 e. The van der Waals surface area contributed by atoms with Gasteiger partial charge in [-0.2, -0.15) is 5.10 Å². The Hall–Kier alpha value is -4.02. The lowest BCUT2D eigenvalue weighted by molar-refractivity contribution is -0.142. The van der Waals surface area contributed by atoms with Crippen molar-refractivity contribution in [3.05, 3.63) is 53.9 Å². The molecule has 1 aromatic heterocycles. The summed E-state index contributed by atoms with van der Waals surface area (Å²) in [5.41, 5.74) is 0.394. The van der Waals surface area contributed by atoms with Crippen molar-refractivity contribution in [2.45, 2.75) is 64.1 Å². The third kappa shape index (κ3) is 8.25. The van der Waals surface area contributed by atoms with Gasteiger partial charge in [0.05, 0.1) is 17.8 Å². The van der Waals surface area contributed by atoms with Crippen molar-refractivity contribution >= 4 is 29.4 Å². The Kier molecular flexibility index (Phi) is 9.38. The summed E-state index contributed by atoms with van der Waals surface area (Å²) in [7, 11) is 1.67. The number of carbonyl (C=O) groups excluding carboxylic acids is 5. The molecule has 2 heterocycles. The zero-order valence-electron chi connectivity index (χ0n) is 22.2. The van der Waals surface area contributed by atoms with E-state index in [4.69, 9.17) is 0 Å². The number of nitrogens with zero attached hydrogens (tertiary/aromatic N) is 2. The Balaban J connectivity index is 1.84. The topological polar surface area (TPSA) is 151 Å². The van der Waals surface area contributed by atoms with E-state index in [0.717, 1.165) is 12.0 Å². The number of hydrogen-bond donors (Lipinski definition) is 4. The van der Waals surface area contributed by atoms with Gasteiger partial charge in [-0.3, -0.25) is 28.7 Å². The quantitative estimate of drug-likeness (QED) is 0.335. The van der Waals surface area contributed by atoms with Gasteiger partial charge in [0.2, 0.25) is 17.6 Å². The van der Waals surface area contributed by atoms with E-state index in [1.54, 1.807) is 27.8 Å². The van der Waals surface area contributed by atoms with Crippen LogP contribution >= 0.6 is 0 Å². The van der Waals surface area contributed by atoms with Gasteiger partial charge in [0.25, 0.3) is 11.8 Å². The van der Waals surface area contributed by atoms with Crippen LogP contribution in [0.25, 0.3) is 0 Å². The molecule has 1 unspecified atom stereocenters. The monoisotopic (exact) mass is 524 g/mol. The number of rotatable bonds is 10. The van der Waals surface area contributed by atoms with Crippen LogP contribution in [0.3, 0.4) is 0 Å². The van der Waals surface area contributed by atoms with E-state index in [0.29, 0.717) is 13.0 Å². The van der Waals surface area contributed by atoms with Gasteiger partial charge in [0.15, 0.2) is 0 Å². The van der Waals surface area contributed by atoms with Gasteiger partial charge in [-0.1, -0.05) is 30.3 Å². The Morgan fingerprint density at radius 3 is 2.42 bits per heavy atom. The lowest BCUT2D eigenvalue weighted by Crippen LogP contribution is -2.57. The molecule has 11 nitrogen and oxygen atoms in total. The van der Waals surface area contributed by atoms with E-state index in [2.05, 4.69) is 26.4 Å². The standard InChI is InChI=1S/C27H36N6O5/c1-27(2,3)32-26(38)22(34)20(14-18-11-8-12-28-23(18)35)30-25(37)21(13-17-9-6-5-7-10-17)31-24(36)19-15-29-33(4)16-19/h5-7,9-10,15-16,18,20-21H,8,11-14H2,1-4H3,(H,28,35)(H,30,37)(H,31,36)(H,32,38)/t18-,20?,21-/m0/s1. The molecule has 1 saturated heterocycles. The molecule has 0 saturated carbocycles. The average Bonchev–Trinajstić information content (AvgIpc) is 3.30. The Morgan fingerprint density at radius 1 is 1.11 bits per heavy atom.